The van der Waals surface area contributed by atoms with Crippen molar-refractivity contribution in [2.45, 2.75) is 103 Å². The molecule has 0 bridgehead atoms. The highest BCUT2D eigenvalue weighted by atomic mass is 16.4. The van der Waals surface area contributed by atoms with E-state index in [1.807, 2.05) is 20.8 Å². The molecule has 35 heavy (non-hydrogen) atoms. The van der Waals surface area contributed by atoms with Crippen molar-refractivity contribution in [1.29, 1.82) is 0 Å². The highest BCUT2D eigenvalue weighted by molar-refractivity contribution is 5.94. The fourth-order valence-electron chi connectivity index (χ4n) is 4.36. The normalized spacial score (nSPS) is 19.5. The monoisotopic (exact) mass is 494 g/mol. The Bertz CT molecular complexity index is 704. The first-order chi connectivity index (χ1) is 16.5. The number of likely N-dealkylation sites (tertiary alicyclic amines) is 1. The lowest BCUT2D eigenvalue weighted by Gasteiger charge is -2.35. The molecule has 3 atom stereocenters. The van der Waals surface area contributed by atoms with Gasteiger partial charge in [-0.1, -0.05) is 65.4 Å². The van der Waals surface area contributed by atoms with Gasteiger partial charge in [-0.3, -0.25) is 14.4 Å². The van der Waals surface area contributed by atoms with Gasteiger partial charge in [0.15, 0.2) is 0 Å². The quantitative estimate of drug-likeness (QED) is 0.346. The average molecular weight is 495 g/mol. The summed E-state index contributed by atoms with van der Waals surface area (Å²) in [5, 5.41) is 17.4. The fourth-order valence-corrected chi connectivity index (χ4v) is 4.36. The zero-order valence-corrected chi connectivity index (χ0v) is 22.0. The summed E-state index contributed by atoms with van der Waals surface area (Å²) in [7, 11) is 1.64. The van der Waals surface area contributed by atoms with Crippen molar-refractivity contribution >= 4 is 23.7 Å². The molecule has 2 fully saturated rings. The molecule has 3 amide bonds. The summed E-state index contributed by atoms with van der Waals surface area (Å²) < 4.78 is 0. The molecule has 200 valence electrons. The van der Waals surface area contributed by atoms with Crippen LogP contribution in [0, 0.1) is 5.41 Å². The van der Waals surface area contributed by atoms with Gasteiger partial charge in [-0.2, -0.15) is 0 Å². The van der Waals surface area contributed by atoms with Crippen LogP contribution in [0.1, 0.15) is 85.0 Å². The first-order valence-corrected chi connectivity index (χ1v) is 12.9. The SMILES string of the molecule is C1CCCCC1.C=CCCC(NC(=O)C1CCCN1C(=O)C(NC(=O)CNC)C(C)(C)C)C(=O)O. The van der Waals surface area contributed by atoms with Crippen LogP contribution in [0.15, 0.2) is 12.7 Å². The van der Waals surface area contributed by atoms with E-state index in [9.17, 15) is 24.3 Å². The van der Waals surface area contributed by atoms with E-state index in [0.29, 0.717) is 25.8 Å². The number of hydrogen-bond donors (Lipinski definition) is 4. The second-order valence-corrected chi connectivity index (χ2v) is 10.5. The zero-order chi connectivity index (χ0) is 26.4. The molecule has 0 aromatic heterocycles. The zero-order valence-electron chi connectivity index (χ0n) is 22.0. The molecule has 2 rings (SSSR count). The van der Waals surface area contributed by atoms with Crippen LogP contribution in [0.3, 0.4) is 0 Å². The van der Waals surface area contributed by atoms with Crippen LogP contribution >= 0.6 is 0 Å². The van der Waals surface area contributed by atoms with E-state index in [2.05, 4.69) is 22.5 Å². The predicted molar refractivity (Wildman–Crippen MR) is 137 cm³/mol. The lowest BCUT2D eigenvalue weighted by Crippen LogP contribution is -2.59. The van der Waals surface area contributed by atoms with Gasteiger partial charge in [0, 0.05) is 6.54 Å². The molecule has 0 spiro atoms. The van der Waals surface area contributed by atoms with Gasteiger partial charge in [0.05, 0.1) is 6.54 Å². The standard InChI is InChI=1S/C20H34N4O5.C6H12/c1-6-7-9-13(19(28)29)22-17(26)14-10-8-11-24(14)18(27)16(20(2,3)4)23-15(25)12-21-5;1-2-4-6-5-3-1/h6,13-14,16,21H,1,7-12H2,2-5H3,(H,22,26)(H,23,25)(H,28,29);1-6H2. The summed E-state index contributed by atoms with van der Waals surface area (Å²) >= 11 is 0. The van der Waals surface area contributed by atoms with Gasteiger partial charge in [-0.25, -0.2) is 4.79 Å². The first kappa shape index (κ1) is 30.6. The fraction of sp³-hybridized carbons (Fsp3) is 0.769. The number of carbonyl (C=O) groups is 4. The summed E-state index contributed by atoms with van der Waals surface area (Å²) in [6, 6.07) is -2.58. The molecular formula is C26H46N4O5. The minimum atomic E-state index is -1.12. The Labute approximate surface area is 210 Å². The van der Waals surface area contributed by atoms with Crippen LogP contribution in [0.2, 0.25) is 0 Å². The topological polar surface area (TPSA) is 128 Å². The van der Waals surface area contributed by atoms with Gasteiger partial charge < -0.3 is 26.0 Å². The van der Waals surface area contributed by atoms with Crippen molar-refractivity contribution < 1.29 is 24.3 Å². The first-order valence-electron chi connectivity index (χ1n) is 12.9. The average Bonchev–Trinajstić information content (AvgIpc) is 3.31. The van der Waals surface area contributed by atoms with Crippen molar-refractivity contribution in [2.75, 3.05) is 20.1 Å². The van der Waals surface area contributed by atoms with E-state index >= 15 is 0 Å². The van der Waals surface area contributed by atoms with E-state index in [4.69, 9.17) is 0 Å². The smallest absolute Gasteiger partial charge is 0.326 e. The molecule has 1 heterocycles. The third kappa shape index (κ3) is 10.8. The van der Waals surface area contributed by atoms with Crippen LogP contribution < -0.4 is 16.0 Å². The van der Waals surface area contributed by atoms with Gasteiger partial charge in [0.1, 0.15) is 18.1 Å². The van der Waals surface area contributed by atoms with E-state index in [0.717, 1.165) is 0 Å². The number of carbonyl (C=O) groups excluding carboxylic acids is 3. The second kappa shape index (κ2) is 15.5. The minimum Gasteiger partial charge on any atom is -0.480 e. The maximum atomic E-state index is 13.2. The molecule has 0 aromatic carbocycles. The molecule has 1 aliphatic carbocycles. The number of carboxylic acids is 1. The molecule has 2 aliphatic rings. The molecule has 3 unspecified atom stereocenters. The number of likely N-dealkylation sites (N-methyl/N-ethyl adjacent to an activating group) is 1. The van der Waals surface area contributed by atoms with Crippen LogP contribution in [0.25, 0.3) is 0 Å². The van der Waals surface area contributed by atoms with Gasteiger partial charge in [-0.05, 0) is 38.1 Å². The van der Waals surface area contributed by atoms with Crippen LogP contribution in [-0.4, -0.2) is 72.0 Å². The third-order valence-corrected chi connectivity index (χ3v) is 6.37. The number of nitrogens with one attached hydrogen (secondary N) is 3. The third-order valence-electron chi connectivity index (χ3n) is 6.37. The minimum absolute atomic E-state index is 0.0768. The largest absolute Gasteiger partial charge is 0.480 e. The molecule has 9 heteroatoms. The van der Waals surface area contributed by atoms with Crippen LogP contribution in [0.4, 0.5) is 0 Å². The van der Waals surface area contributed by atoms with E-state index in [1.165, 1.54) is 43.4 Å². The Balaban J connectivity index is 0.000000882. The summed E-state index contributed by atoms with van der Waals surface area (Å²) in [4.78, 5) is 50.9. The Morgan fingerprint density at radius 3 is 2.06 bits per heavy atom. The molecule has 4 N–H and O–H groups in total. The summed E-state index contributed by atoms with van der Waals surface area (Å²) in [6.45, 7) is 9.56. The molecule has 0 radical (unpaired) electrons. The number of aliphatic carboxylic acids is 1. The molecule has 0 aromatic rings. The van der Waals surface area contributed by atoms with Crippen molar-refractivity contribution in [3.63, 3.8) is 0 Å². The lowest BCUT2D eigenvalue weighted by atomic mass is 9.85. The Hall–Kier alpha value is -2.42. The van der Waals surface area contributed by atoms with Gasteiger partial charge >= 0.3 is 5.97 Å². The Kier molecular flexibility index (Phi) is 13.6. The summed E-state index contributed by atoms with van der Waals surface area (Å²) in [6.07, 6.45) is 12.4. The van der Waals surface area contributed by atoms with Gasteiger partial charge in [-0.15, -0.1) is 6.58 Å². The van der Waals surface area contributed by atoms with Crippen molar-refractivity contribution in [3.8, 4) is 0 Å². The van der Waals surface area contributed by atoms with E-state index < -0.39 is 35.4 Å². The number of amides is 3. The van der Waals surface area contributed by atoms with Gasteiger partial charge in [0.25, 0.3) is 0 Å². The second-order valence-electron chi connectivity index (χ2n) is 10.5. The predicted octanol–water partition coefficient (Wildman–Crippen LogP) is 2.60. The summed E-state index contributed by atoms with van der Waals surface area (Å²) in [5.74, 6) is -2.25. The van der Waals surface area contributed by atoms with Crippen LogP contribution in [0.5, 0.6) is 0 Å². The number of rotatable bonds is 10. The highest BCUT2D eigenvalue weighted by Crippen LogP contribution is 2.26. The van der Waals surface area contributed by atoms with E-state index in [-0.39, 0.29) is 24.8 Å². The number of carboxylic acid groups (broad SMARTS) is 1. The van der Waals surface area contributed by atoms with E-state index in [1.54, 1.807) is 13.1 Å². The van der Waals surface area contributed by atoms with Gasteiger partial charge in [0.2, 0.25) is 17.7 Å². The molecule has 9 nitrogen and oxygen atoms in total. The lowest BCUT2D eigenvalue weighted by molar-refractivity contribution is -0.146. The number of nitrogens with zero attached hydrogens (tertiary/aromatic N) is 1. The Morgan fingerprint density at radius 2 is 1.60 bits per heavy atom. The van der Waals surface area contributed by atoms with Crippen molar-refractivity contribution in [2.24, 2.45) is 5.41 Å². The maximum absolute atomic E-state index is 13.2. The molecule has 1 saturated heterocycles. The van der Waals surface area contributed by atoms with Crippen LogP contribution in [-0.2, 0) is 19.2 Å². The highest BCUT2D eigenvalue weighted by Gasteiger charge is 2.42. The molecule has 1 saturated carbocycles. The Morgan fingerprint density at radius 1 is 1.03 bits per heavy atom. The number of allylic oxidation sites excluding steroid dienone is 1. The van der Waals surface area contributed by atoms with Crippen molar-refractivity contribution in [3.05, 3.63) is 12.7 Å². The molecular weight excluding hydrogens is 448 g/mol. The summed E-state index contributed by atoms with van der Waals surface area (Å²) in [5.41, 5.74) is -0.558. The maximum Gasteiger partial charge on any atom is 0.326 e. The molecule has 1 aliphatic heterocycles. The number of hydrogen-bond acceptors (Lipinski definition) is 5. The van der Waals surface area contributed by atoms with Crippen molar-refractivity contribution in [1.82, 2.24) is 20.9 Å².